The number of hydrogen-bond acceptors (Lipinski definition) is 7. The Kier molecular flexibility index (Phi) is 4.58. The third-order valence-corrected chi connectivity index (χ3v) is 3.94. The molecule has 25 heavy (non-hydrogen) atoms. The predicted octanol–water partition coefficient (Wildman–Crippen LogP) is 3.57. The first-order chi connectivity index (χ1) is 12.0. The lowest BCUT2D eigenvalue weighted by Crippen LogP contribution is -2.05. The summed E-state index contributed by atoms with van der Waals surface area (Å²) in [7, 11) is 1.79. The number of hydrogen-bond donors (Lipinski definition) is 4. The van der Waals surface area contributed by atoms with Gasteiger partial charge in [-0.1, -0.05) is 17.7 Å². The molecule has 0 saturated heterocycles. The SMILES string of the molecule is CNc1cc(Nc2nc(N)nc(-c3cc(O)ccc3C)n2)ccc1Cl. The summed E-state index contributed by atoms with van der Waals surface area (Å²) in [5.74, 6) is 0.893. The number of halogens is 1. The van der Waals surface area contributed by atoms with Crippen LogP contribution < -0.4 is 16.4 Å². The van der Waals surface area contributed by atoms with Crippen LogP contribution in [-0.2, 0) is 0 Å². The number of rotatable bonds is 4. The molecule has 0 atom stereocenters. The summed E-state index contributed by atoms with van der Waals surface area (Å²) >= 11 is 6.09. The first-order valence-corrected chi connectivity index (χ1v) is 7.90. The molecule has 2 aromatic carbocycles. The van der Waals surface area contributed by atoms with E-state index in [0.29, 0.717) is 22.4 Å². The van der Waals surface area contributed by atoms with Crippen LogP contribution in [0, 0.1) is 6.92 Å². The number of nitrogens with one attached hydrogen (secondary N) is 2. The van der Waals surface area contributed by atoms with E-state index in [-0.39, 0.29) is 11.7 Å². The topological polar surface area (TPSA) is 109 Å². The molecule has 0 bridgehead atoms. The minimum atomic E-state index is 0.0815. The van der Waals surface area contributed by atoms with Crippen LogP contribution in [0.5, 0.6) is 5.75 Å². The Bertz CT molecular complexity index is 931. The average molecular weight is 357 g/mol. The van der Waals surface area contributed by atoms with Gasteiger partial charge >= 0.3 is 0 Å². The smallest absolute Gasteiger partial charge is 0.232 e. The molecule has 3 aromatic rings. The summed E-state index contributed by atoms with van der Waals surface area (Å²) in [6, 6.07) is 10.4. The zero-order valence-corrected chi connectivity index (χ0v) is 14.5. The number of anilines is 4. The number of aromatic hydroxyl groups is 1. The van der Waals surface area contributed by atoms with Gasteiger partial charge in [0, 0.05) is 18.3 Å². The van der Waals surface area contributed by atoms with Crippen molar-refractivity contribution in [3.8, 4) is 17.1 Å². The van der Waals surface area contributed by atoms with Crippen molar-refractivity contribution in [2.45, 2.75) is 6.92 Å². The van der Waals surface area contributed by atoms with Crippen molar-refractivity contribution in [2.75, 3.05) is 23.4 Å². The van der Waals surface area contributed by atoms with E-state index in [1.807, 2.05) is 19.1 Å². The maximum Gasteiger partial charge on any atom is 0.232 e. The van der Waals surface area contributed by atoms with Gasteiger partial charge in [-0.2, -0.15) is 15.0 Å². The van der Waals surface area contributed by atoms with Gasteiger partial charge in [-0.3, -0.25) is 0 Å². The molecule has 5 N–H and O–H groups in total. The number of aryl methyl sites for hydroxylation is 1. The summed E-state index contributed by atoms with van der Waals surface area (Å²) in [6.45, 7) is 1.90. The molecular weight excluding hydrogens is 340 g/mol. The van der Waals surface area contributed by atoms with Crippen molar-refractivity contribution in [3.05, 3.63) is 47.0 Å². The fraction of sp³-hybridized carbons (Fsp3) is 0.118. The van der Waals surface area contributed by atoms with Crippen LogP contribution in [0.25, 0.3) is 11.4 Å². The number of nitrogens with zero attached hydrogens (tertiary/aromatic N) is 3. The van der Waals surface area contributed by atoms with Crippen molar-refractivity contribution in [1.82, 2.24) is 15.0 Å². The molecule has 0 unspecified atom stereocenters. The third kappa shape index (κ3) is 3.72. The lowest BCUT2D eigenvalue weighted by molar-refractivity contribution is 0.475. The first-order valence-electron chi connectivity index (χ1n) is 7.52. The lowest BCUT2D eigenvalue weighted by Gasteiger charge is -2.11. The molecule has 1 aromatic heterocycles. The van der Waals surface area contributed by atoms with Gasteiger partial charge in [0.15, 0.2) is 5.82 Å². The predicted molar refractivity (Wildman–Crippen MR) is 100 cm³/mol. The van der Waals surface area contributed by atoms with Gasteiger partial charge in [0.1, 0.15) is 5.75 Å². The number of phenolic OH excluding ortho intramolecular Hbond substituents is 1. The van der Waals surface area contributed by atoms with Crippen molar-refractivity contribution in [1.29, 1.82) is 0 Å². The number of aromatic nitrogens is 3. The quantitative estimate of drug-likeness (QED) is 0.565. The summed E-state index contributed by atoms with van der Waals surface area (Å²) in [6.07, 6.45) is 0. The zero-order valence-electron chi connectivity index (χ0n) is 13.7. The molecule has 3 rings (SSSR count). The van der Waals surface area contributed by atoms with Crippen molar-refractivity contribution in [3.63, 3.8) is 0 Å². The van der Waals surface area contributed by atoms with Crippen LogP contribution in [0.15, 0.2) is 36.4 Å². The van der Waals surface area contributed by atoms with E-state index < -0.39 is 0 Å². The Hall–Kier alpha value is -3.06. The van der Waals surface area contributed by atoms with Gasteiger partial charge in [0.05, 0.1) is 10.7 Å². The molecule has 1 heterocycles. The second-order valence-corrected chi connectivity index (χ2v) is 5.82. The Labute approximate surface area is 149 Å². The Balaban J connectivity index is 1.98. The molecule has 0 fully saturated rings. The Morgan fingerprint density at radius 1 is 1.08 bits per heavy atom. The van der Waals surface area contributed by atoms with Crippen molar-refractivity contribution in [2.24, 2.45) is 0 Å². The second kappa shape index (κ2) is 6.82. The fourth-order valence-electron chi connectivity index (χ4n) is 2.34. The highest BCUT2D eigenvalue weighted by molar-refractivity contribution is 6.33. The van der Waals surface area contributed by atoms with Crippen LogP contribution in [0.3, 0.4) is 0 Å². The molecule has 0 spiro atoms. The summed E-state index contributed by atoms with van der Waals surface area (Å²) in [5, 5.41) is 16.4. The largest absolute Gasteiger partial charge is 0.508 e. The van der Waals surface area contributed by atoms with Crippen LogP contribution in [0.1, 0.15) is 5.56 Å². The maximum atomic E-state index is 9.72. The van der Waals surface area contributed by atoms with E-state index in [4.69, 9.17) is 17.3 Å². The van der Waals surface area contributed by atoms with Crippen LogP contribution in [0.2, 0.25) is 5.02 Å². The zero-order chi connectivity index (χ0) is 18.0. The minimum absolute atomic E-state index is 0.0815. The van der Waals surface area contributed by atoms with Gasteiger partial charge in [-0.25, -0.2) is 0 Å². The summed E-state index contributed by atoms with van der Waals surface area (Å²) in [5.41, 5.74) is 8.94. The van der Waals surface area contributed by atoms with Gasteiger partial charge in [0.2, 0.25) is 11.9 Å². The molecule has 128 valence electrons. The van der Waals surface area contributed by atoms with E-state index in [9.17, 15) is 5.11 Å². The summed E-state index contributed by atoms with van der Waals surface area (Å²) < 4.78 is 0. The molecule has 0 saturated carbocycles. The Morgan fingerprint density at radius 3 is 2.64 bits per heavy atom. The molecule has 7 nitrogen and oxygen atoms in total. The average Bonchev–Trinajstić information content (AvgIpc) is 2.58. The third-order valence-electron chi connectivity index (χ3n) is 3.61. The highest BCUT2D eigenvalue weighted by Crippen LogP contribution is 2.28. The highest BCUT2D eigenvalue weighted by atomic mass is 35.5. The fourth-order valence-corrected chi connectivity index (χ4v) is 2.56. The van der Waals surface area contributed by atoms with E-state index in [1.54, 1.807) is 31.3 Å². The van der Waals surface area contributed by atoms with Gasteiger partial charge in [-0.05, 0) is 42.8 Å². The van der Waals surface area contributed by atoms with E-state index in [0.717, 1.165) is 16.9 Å². The van der Waals surface area contributed by atoms with Crippen molar-refractivity contribution >= 4 is 34.9 Å². The van der Waals surface area contributed by atoms with Crippen LogP contribution in [0.4, 0.5) is 23.3 Å². The standard InChI is InChI=1S/C17H17ClN6O/c1-9-3-5-11(25)8-12(9)15-22-16(19)24-17(23-15)21-10-4-6-13(18)14(7-10)20-2/h3-8,20,25H,1-2H3,(H3,19,21,22,23,24). The number of nitrogen functional groups attached to an aromatic ring is 1. The van der Waals surface area contributed by atoms with Crippen LogP contribution in [-0.4, -0.2) is 27.1 Å². The summed E-state index contributed by atoms with van der Waals surface area (Å²) in [4.78, 5) is 12.7. The van der Waals surface area contributed by atoms with E-state index in [2.05, 4.69) is 25.6 Å². The van der Waals surface area contributed by atoms with E-state index >= 15 is 0 Å². The van der Waals surface area contributed by atoms with E-state index in [1.165, 1.54) is 0 Å². The number of nitrogens with two attached hydrogens (primary N) is 1. The monoisotopic (exact) mass is 356 g/mol. The first kappa shape index (κ1) is 16.8. The van der Waals surface area contributed by atoms with Crippen LogP contribution >= 0.6 is 11.6 Å². The van der Waals surface area contributed by atoms with Gasteiger partial charge < -0.3 is 21.5 Å². The second-order valence-electron chi connectivity index (χ2n) is 5.41. The molecule has 0 aliphatic carbocycles. The number of phenols is 1. The molecule has 0 radical (unpaired) electrons. The maximum absolute atomic E-state index is 9.72. The van der Waals surface area contributed by atoms with Crippen molar-refractivity contribution < 1.29 is 5.11 Å². The number of benzene rings is 2. The molecule has 0 aliphatic rings. The Morgan fingerprint density at radius 2 is 1.88 bits per heavy atom. The highest BCUT2D eigenvalue weighted by Gasteiger charge is 2.11. The molecular formula is C17H17ClN6O. The molecule has 0 amide bonds. The minimum Gasteiger partial charge on any atom is -0.508 e. The van der Waals surface area contributed by atoms with Gasteiger partial charge in [-0.15, -0.1) is 0 Å². The molecule has 0 aliphatic heterocycles. The lowest BCUT2D eigenvalue weighted by atomic mass is 10.1. The molecule has 8 heteroatoms. The van der Waals surface area contributed by atoms with Gasteiger partial charge in [0.25, 0.3) is 0 Å². The normalized spacial score (nSPS) is 10.5.